The topological polar surface area (TPSA) is 12.4 Å². The van der Waals surface area contributed by atoms with E-state index in [-0.39, 0.29) is 0 Å². The molecule has 0 aliphatic heterocycles. The SMILES string of the molecule is CCCN=C(Cl)c1ccccc1. The highest BCUT2D eigenvalue weighted by molar-refractivity contribution is 6.69. The molecule has 0 saturated carbocycles. The molecule has 0 aliphatic carbocycles. The van der Waals surface area contributed by atoms with Gasteiger partial charge in [-0.3, -0.25) is 4.99 Å². The monoisotopic (exact) mass is 181 g/mol. The normalized spacial score (nSPS) is 11.7. The Bertz CT molecular complexity index is 254. The van der Waals surface area contributed by atoms with Gasteiger partial charge in [0.15, 0.2) is 0 Å². The molecule has 64 valence electrons. The Kier molecular flexibility index (Phi) is 3.81. The number of benzene rings is 1. The molecule has 1 aromatic carbocycles. The Balaban J connectivity index is 2.71. The van der Waals surface area contributed by atoms with Crippen LogP contribution in [-0.2, 0) is 0 Å². The van der Waals surface area contributed by atoms with Crippen molar-refractivity contribution >= 4 is 16.8 Å². The summed E-state index contributed by atoms with van der Waals surface area (Å²) in [5.41, 5.74) is 0.993. The molecule has 0 heterocycles. The zero-order valence-electron chi connectivity index (χ0n) is 7.13. The number of hydrogen-bond donors (Lipinski definition) is 0. The molecule has 1 nitrogen and oxygen atoms in total. The van der Waals surface area contributed by atoms with Crippen LogP contribution in [0.25, 0.3) is 0 Å². The highest BCUT2D eigenvalue weighted by Crippen LogP contribution is 2.04. The number of nitrogens with zero attached hydrogens (tertiary/aromatic N) is 1. The van der Waals surface area contributed by atoms with Crippen LogP contribution in [-0.4, -0.2) is 11.7 Å². The van der Waals surface area contributed by atoms with Gasteiger partial charge in [0.25, 0.3) is 0 Å². The van der Waals surface area contributed by atoms with E-state index in [0.29, 0.717) is 5.17 Å². The van der Waals surface area contributed by atoms with E-state index >= 15 is 0 Å². The molecule has 0 atom stereocenters. The lowest BCUT2D eigenvalue weighted by atomic mass is 10.2. The molecule has 0 bridgehead atoms. The zero-order valence-corrected chi connectivity index (χ0v) is 7.88. The van der Waals surface area contributed by atoms with Crippen LogP contribution in [0.2, 0.25) is 0 Å². The number of aliphatic imine (C=N–C) groups is 1. The first-order valence-electron chi connectivity index (χ1n) is 4.10. The Morgan fingerprint density at radius 2 is 2.00 bits per heavy atom. The molecule has 0 aliphatic rings. The van der Waals surface area contributed by atoms with Gasteiger partial charge in [0, 0.05) is 12.1 Å². The largest absolute Gasteiger partial charge is 0.273 e. The average Bonchev–Trinajstić information content (AvgIpc) is 2.15. The highest BCUT2D eigenvalue weighted by Gasteiger charge is 1.95. The fourth-order valence-electron chi connectivity index (χ4n) is 0.877. The van der Waals surface area contributed by atoms with Gasteiger partial charge in [-0.15, -0.1) is 0 Å². The second-order valence-electron chi connectivity index (χ2n) is 2.54. The van der Waals surface area contributed by atoms with Gasteiger partial charge in [0.1, 0.15) is 5.17 Å². The van der Waals surface area contributed by atoms with Gasteiger partial charge in [-0.05, 0) is 6.42 Å². The smallest absolute Gasteiger partial charge is 0.130 e. The predicted molar refractivity (Wildman–Crippen MR) is 54.0 cm³/mol. The lowest BCUT2D eigenvalue weighted by molar-refractivity contribution is 0.935. The van der Waals surface area contributed by atoms with E-state index in [1.807, 2.05) is 30.3 Å². The summed E-state index contributed by atoms with van der Waals surface area (Å²) in [7, 11) is 0. The van der Waals surface area contributed by atoms with Crippen LogP contribution in [0.1, 0.15) is 18.9 Å². The highest BCUT2D eigenvalue weighted by atomic mass is 35.5. The van der Waals surface area contributed by atoms with Crippen LogP contribution >= 0.6 is 11.6 Å². The minimum atomic E-state index is 0.609. The summed E-state index contributed by atoms with van der Waals surface area (Å²) in [6, 6.07) is 9.80. The molecule has 0 unspecified atom stereocenters. The summed E-state index contributed by atoms with van der Waals surface area (Å²) >= 11 is 5.93. The molecule has 1 aromatic rings. The van der Waals surface area contributed by atoms with E-state index in [9.17, 15) is 0 Å². The minimum absolute atomic E-state index is 0.609. The van der Waals surface area contributed by atoms with Gasteiger partial charge in [-0.2, -0.15) is 0 Å². The Morgan fingerprint density at radius 1 is 1.33 bits per heavy atom. The first kappa shape index (κ1) is 9.27. The maximum Gasteiger partial charge on any atom is 0.130 e. The number of halogens is 1. The third kappa shape index (κ3) is 2.67. The van der Waals surface area contributed by atoms with E-state index in [1.54, 1.807) is 0 Å². The van der Waals surface area contributed by atoms with Crippen LogP contribution in [0.3, 0.4) is 0 Å². The standard InChI is InChI=1S/C10H12ClN/c1-2-8-12-10(11)9-6-4-3-5-7-9/h3-7H,2,8H2,1H3. The lowest BCUT2D eigenvalue weighted by Crippen LogP contribution is -1.91. The van der Waals surface area contributed by atoms with Crippen LogP contribution in [0, 0.1) is 0 Å². The van der Waals surface area contributed by atoms with Crippen molar-refractivity contribution in [3.63, 3.8) is 0 Å². The van der Waals surface area contributed by atoms with Gasteiger partial charge in [0.2, 0.25) is 0 Å². The van der Waals surface area contributed by atoms with E-state index < -0.39 is 0 Å². The quantitative estimate of drug-likeness (QED) is 0.636. The van der Waals surface area contributed by atoms with E-state index in [1.165, 1.54) is 0 Å². The molecule has 0 aromatic heterocycles. The maximum absolute atomic E-state index is 5.93. The van der Waals surface area contributed by atoms with Crippen molar-refractivity contribution in [1.29, 1.82) is 0 Å². The zero-order chi connectivity index (χ0) is 8.81. The first-order valence-corrected chi connectivity index (χ1v) is 4.47. The van der Waals surface area contributed by atoms with Gasteiger partial charge >= 0.3 is 0 Å². The summed E-state index contributed by atoms with van der Waals surface area (Å²) in [6.07, 6.45) is 1.03. The fourth-order valence-corrected chi connectivity index (χ4v) is 1.09. The Hall–Kier alpha value is -0.820. The fraction of sp³-hybridized carbons (Fsp3) is 0.300. The van der Waals surface area contributed by atoms with Crippen molar-refractivity contribution in [2.24, 2.45) is 4.99 Å². The number of hydrogen-bond acceptors (Lipinski definition) is 1. The molecule has 0 amide bonds. The van der Waals surface area contributed by atoms with Crippen LogP contribution in [0.4, 0.5) is 0 Å². The van der Waals surface area contributed by atoms with Crippen molar-refractivity contribution in [2.45, 2.75) is 13.3 Å². The van der Waals surface area contributed by atoms with Gasteiger partial charge in [0.05, 0.1) is 0 Å². The first-order chi connectivity index (χ1) is 5.84. The third-order valence-electron chi connectivity index (χ3n) is 1.49. The maximum atomic E-state index is 5.93. The summed E-state index contributed by atoms with van der Waals surface area (Å²) in [5.74, 6) is 0. The summed E-state index contributed by atoms with van der Waals surface area (Å²) in [6.45, 7) is 2.88. The van der Waals surface area contributed by atoms with Gasteiger partial charge in [-0.25, -0.2) is 0 Å². The van der Waals surface area contributed by atoms with Crippen molar-refractivity contribution in [3.05, 3.63) is 35.9 Å². The molecule has 0 N–H and O–H groups in total. The molecule has 0 radical (unpaired) electrons. The van der Waals surface area contributed by atoms with Crippen molar-refractivity contribution < 1.29 is 0 Å². The van der Waals surface area contributed by atoms with Crippen molar-refractivity contribution in [1.82, 2.24) is 0 Å². The molecule has 1 rings (SSSR count). The molecule has 2 heteroatoms. The van der Waals surface area contributed by atoms with Crippen LogP contribution in [0.15, 0.2) is 35.3 Å². The average molecular weight is 182 g/mol. The summed E-state index contributed by atoms with van der Waals surface area (Å²) in [5, 5.41) is 0.609. The third-order valence-corrected chi connectivity index (χ3v) is 1.82. The van der Waals surface area contributed by atoms with Gasteiger partial charge in [-0.1, -0.05) is 48.9 Å². The van der Waals surface area contributed by atoms with Crippen LogP contribution < -0.4 is 0 Å². The molecule has 0 spiro atoms. The Morgan fingerprint density at radius 3 is 2.58 bits per heavy atom. The molecule has 0 fully saturated rings. The molecule has 0 saturated heterocycles. The second kappa shape index (κ2) is 4.94. The van der Waals surface area contributed by atoms with E-state index in [4.69, 9.17) is 11.6 Å². The minimum Gasteiger partial charge on any atom is -0.273 e. The molecule has 12 heavy (non-hydrogen) atoms. The lowest BCUT2D eigenvalue weighted by Gasteiger charge is -1.96. The van der Waals surface area contributed by atoms with Crippen LogP contribution in [0.5, 0.6) is 0 Å². The summed E-state index contributed by atoms with van der Waals surface area (Å²) < 4.78 is 0. The van der Waals surface area contributed by atoms with Crippen molar-refractivity contribution in [2.75, 3.05) is 6.54 Å². The summed E-state index contributed by atoms with van der Waals surface area (Å²) in [4.78, 5) is 4.19. The number of rotatable bonds is 3. The van der Waals surface area contributed by atoms with Gasteiger partial charge < -0.3 is 0 Å². The Labute approximate surface area is 78.1 Å². The molecular weight excluding hydrogens is 170 g/mol. The van der Waals surface area contributed by atoms with Crippen molar-refractivity contribution in [3.8, 4) is 0 Å². The van der Waals surface area contributed by atoms with E-state index in [0.717, 1.165) is 18.5 Å². The second-order valence-corrected chi connectivity index (χ2v) is 2.90. The van der Waals surface area contributed by atoms with E-state index in [2.05, 4.69) is 11.9 Å². The predicted octanol–water partition coefficient (Wildman–Crippen LogP) is 3.08. The molecular formula is C10H12ClN.